The van der Waals surface area contributed by atoms with Crippen LogP contribution in [-0.2, 0) is 40.3 Å². The number of hydrogen-bond acceptors (Lipinski definition) is 9. The molecule has 2 aromatic rings. The number of anilines is 1. The van der Waals surface area contributed by atoms with E-state index in [0.29, 0.717) is 18.8 Å². The van der Waals surface area contributed by atoms with Crippen LogP contribution in [0.25, 0.3) is 10.8 Å². The number of hydrogen-bond donors (Lipinski definition) is 1. The molecular weight excluding hydrogens is 458 g/mol. The topological polar surface area (TPSA) is 169 Å². The first kappa shape index (κ1) is 22.4. The fraction of sp³-hybridized carbons (Fsp3) is 0.231. The van der Waals surface area contributed by atoms with Gasteiger partial charge in [0.1, 0.15) is 4.90 Å². The SMILES string of the molecule is CS(=O)(=O)Oc1c(S(=O)(=O)O)ccc2c(N(S(C)(=O)=O)S(C)(=O)=O)cccc12. The lowest BCUT2D eigenvalue weighted by Crippen LogP contribution is -2.35. The fourth-order valence-electron chi connectivity index (χ4n) is 2.50. The Hall–Kier alpha value is -1.94. The minimum Gasteiger partial charge on any atom is -0.380 e. The van der Waals surface area contributed by atoms with Crippen LogP contribution in [0, 0.1) is 0 Å². The Morgan fingerprint density at radius 3 is 1.75 bits per heavy atom. The van der Waals surface area contributed by atoms with Crippen LogP contribution in [0.15, 0.2) is 35.2 Å². The highest BCUT2D eigenvalue weighted by atomic mass is 32.3. The summed E-state index contributed by atoms with van der Waals surface area (Å²) in [5, 5.41) is -0.403. The number of sulfonamides is 2. The lowest BCUT2D eigenvalue weighted by molar-refractivity contribution is 0.468. The molecule has 0 heterocycles. The zero-order valence-electron chi connectivity index (χ0n) is 14.6. The van der Waals surface area contributed by atoms with Crippen molar-refractivity contribution in [1.29, 1.82) is 0 Å². The largest absolute Gasteiger partial charge is 0.380 e. The monoisotopic (exact) mass is 473 g/mol. The molecule has 0 saturated heterocycles. The van der Waals surface area contributed by atoms with E-state index in [2.05, 4.69) is 0 Å². The van der Waals surface area contributed by atoms with Crippen molar-refractivity contribution in [1.82, 2.24) is 0 Å². The second-order valence-corrected chi connectivity index (χ2v) is 12.6. The molecule has 0 aromatic heterocycles. The molecular formula is C13H15NO10S4. The molecule has 0 radical (unpaired) electrons. The van der Waals surface area contributed by atoms with Crippen LogP contribution in [0.2, 0.25) is 0 Å². The highest BCUT2D eigenvalue weighted by Gasteiger charge is 2.30. The van der Waals surface area contributed by atoms with Gasteiger partial charge in [-0.25, -0.2) is 16.8 Å². The normalized spacial score (nSPS) is 13.4. The number of nitrogens with zero attached hydrogens (tertiary/aromatic N) is 1. The summed E-state index contributed by atoms with van der Waals surface area (Å²) >= 11 is 0. The van der Waals surface area contributed by atoms with Crippen LogP contribution in [0.1, 0.15) is 0 Å². The molecule has 1 N–H and O–H groups in total. The smallest absolute Gasteiger partial charge is 0.306 e. The summed E-state index contributed by atoms with van der Waals surface area (Å²) in [5.74, 6) is -0.800. The van der Waals surface area contributed by atoms with Crippen LogP contribution in [0.3, 0.4) is 0 Å². The number of rotatable bonds is 6. The lowest BCUT2D eigenvalue weighted by atomic mass is 10.1. The summed E-state index contributed by atoms with van der Waals surface area (Å²) in [7, 11) is -17.9. The highest BCUT2D eigenvalue weighted by Crippen LogP contribution is 2.39. The summed E-state index contributed by atoms with van der Waals surface area (Å²) in [6.07, 6.45) is 1.92. The molecule has 15 heteroatoms. The van der Waals surface area contributed by atoms with Gasteiger partial charge in [-0.1, -0.05) is 18.2 Å². The molecule has 0 aliphatic heterocycles. The van der Waals surface area contributed by atoms with Gasteiger partial charge in [-0.3, -0.25) is 4.55 Å². The van der Waals surface area contributed by atoms with Gasteiger partial charge in [0.2, 0.25) is 20.0 Å². The summed E-state index contributed by atoms with van der Waals surface area (Å²) in [4.78, 5) is -0.896. The maximum absolute atomic E-state index is 12.0. The van der Waals surface area contributed by atoms with Gasteiger partial charge in [0.25, 0.3) is 10.1 Å². The van der Waals surface area contributed by atoms with Crippen molar-refractivity contribution in [2.24, 2.45) is 0 Å². The van der Waals surface area contributed by atoms with Crippen molar-refractivity contribution in [2.75, 3.05) is 22.5 Å². The average Bonchev–Trinajstić information content (AvgIpc) is 2.42. The predicted molar refractivity (Wildman–Crippen MR) is 101 cm³/mol. The Morgan fingerprint density at radius 1 is 0.786 bits per heavy atom. The lowest BCUT2D eigenvalue weighted by Gasteiger charge is -2.22. The quantitative estimate of drug-likeness (QED) is 0.450. The maximum Gasteiger partial charge on any atom is 0.306 e. The standard InChI is InChI=1S/C13H15NO10S4/c1-25(15,16)14(26(2,17)18)11-6-4-5-10-9(11)7-8-12(28(21,22)23)13(10)24-27(3,19)20/h4-8H,1-3H3,(H,21,22,23). The van der Waals surface area contributed by atoms with E-state index in [-0.39, 0.29) is 20.2 Å². The van der Waals surface area contributed by atoms with E-state index in [9.17, 15) is 38.2 Å². The third-order valence-corrected chi connectivity index (χ3v) is 7.83. The van der Waals surface area contributed by atoms with Gasteiger partial charge in [-0.2, -0.15) is 20.5 Å². The first-order valence-corrected chi connectivity index (χ1v) is 14.0. The molecule has 0 amide bonds. The summed E-state index contributed by atoms with van der Waals surface area (Å²) in [6.45, 7) is 0. The van der Waals surface area contributed by atoms with E-state index in [1.165, 1.54) is 12.1 Å². The Kier molecular flexibility index (Phi) is 5.46. The molecule has 0 atom stereocenters. The summed E-state index contributed by atoms with van der Waals surface area (Å²) in [5.41, 5.74) is -0.386. The van der Waals surface area contributed by atoms with Gasteiger partial charge >= 0.3 is 10.1 Å². The molecule has 28 heavy (non-hydrogen) atoms. The van der Waals surface area contributed by atoms with E-state index >= 15 is 0 Å². The van der Waals surface area contributed by atoms with Crippen molar-refractivity contribution in [3.8, 4) is 5.75 Å². The molecule has 11 nitrogen and oxygen atoms in total. The minimum absolute atomic E-state index is 0.111. The van der Waals surface area contributed by atoms with Gasteiger partial charge in [0.15, 0.2) is 5.75 Å². The van der Waals surface area contributed by atoms with Crippen LogP contribution >= 0.6 is 0 Å². The van der Waals surface area contributed by atoms with E-state index in [1.54, 1.807) is 0 Å². The van der Waals surface area contributed by atoms with E-state index < -0.39 is 50.9 Å². The van der Waals surface area contributed by atoms with Crippen molar-refractivity contribution < 1.29 is 42.4 Å². The van der Waals surface area contributed by atoms with E-state index in [4.69, 9.17) is 4.18 Å². The number of fused-ring (bicyclic) bond motifs is 1. The van der Waals surface area contributed by atoms with Crippen LogP contribution in [0.4, 0.5) is 5.69 Å². The maximum atomic E-state index is 12.0. The molecule has 2 aromatic carbocycles. The zero-order chi connectivity index (χ0) is 21.7. The van der Waals surface area contributed by atoms with Gasteiger partial charge in [0, 0.05) is 10.8 Å². The highest BCUT2D eigenvalue weighted by molar-refractivity contribution is 8.09. The number of benzene rings is 2. The molecule has 0 fully saturated rings. The van der Waals surface area contributed by atoms with Crippen molar-refractivity contribution in [3.05, 3.63) is 30.3 Å². The molecule has 0 bridgehead atoms. The van der Waals surface area contributed by atoms with Crippen LogP contribution in [-0.4, -0.2) is 57.0 Å². The minimum atomic E-state index is -4.93. The second kappa shape index (κ2) is 6.84. The third kappa shape index (κ3) is 4.72. The Labute approximate surface area is 162 Å². The van der Waals surface area contributed by atoms with Gasteiger partial charge in [-0.05, 0) is 12.1 Å². The Bertz CT molecular complexity index is 1340. The summed E-state index contributed by atoms with van der Waals surface area (Å²) in [6, 6.07) is 5.26. The van der Waals surface area contributed by atoms with E-state index in [1.807, 2.05) is 0 Å². The second-order valence-electron chi connectivity index (χ2n) is 5.75. The van der Waals surface area contributed by atoms with E-state index in [0.717, 1.165) is 18.2 Å². The van der Waals surface area contributed by atoms with Crippen LogP contribution in [0.5, 0.6) is 5.75 Å². The first-order chi connectivity index (χ1) is 12.4. The predicted octanol–water partition coefficient (Wildman–Crippen LogP) is 0.151. The van der Waals surface area contributed by atoms with Crippen molar-refractivity contribution >= 4 is 56.7 Å². The molecule has 0 spiro atoms. The average molecular weight is 474 g/mol. The molecule has 2 rings (SSSR count). The molecule has 0 unspecified atom stereocenters. The van der Waals surface area contributed by atoms with Gasteiger partial charge in [-0.15, -0.1) is 0 Å². The van der Waals surface area contributed by atoms with Gasteiger partial charge < -0.3 is 4.18 Å². The molecule has 0 aliphatic rings. The van der Waals surface area contributed by atoms with Crippen molar-refractivity contribution in [3.63, 3.8) is 0 Å². The Balaban J connectivity index is 3.06. The Morgan fingerprint density at radius 2 is 1.32 bits per heavy atom. The molecule has 0 aliphatic carbocycles. The first-order valence-electron chi connectivity index (χ1n) is 7.06. The van der Waals surface area contributed by atoms with Crippen LogP contribution < -0.4 is 7.89 Å². The zero-order valence-corrected chi connectivity index (χ0v) is 17.9. The summed E-state index contributed by atoms with van der Waals surface area (Å²) < 4.78 is 109. The fourth-order valence-corrected chi connectivity index (χ4v) is 6.66. The third-order valence-electron chi connectivity index (χ3n) is 3.26. The molecule has 0 saturated carbocycles. The van der Waals surface area contributed by atoms with Crippen molar-refractivity contribution in [2.45, 2.75) is 4.90 Å². The molecule has 156 valence electrons. The van der Waals surface area contributed by atoms with Gasteiger partial charge in [0.05, 0.1) is 24.5 Å².